The molecule has 0 amide bonds. The number of benzene rings is 2. The molecule has 2 aromatic rings. The van der Waals surface area contributed by atoms with E-state index in [2.05, 4.69) is 5.32 Å². The minimum absolute atomic E-state index is 0.0744. The van der Waals surface area contributed by atoms with Gasteiger partial charge in [0.1, 0.15) is 16.3 Å². The predicted molar refractivity (Wildman–Crippen MR) is 95.7 cm³/mol. The van der Waals surface area contributed by atoms with Crippen molar-refractivity contribution in [2.75, 3.05) is 11.6 Å². The van der Waals surface area contributed by atoms with Crippen LogP contribution in [0.3, 0.4) is 0 Å². The highest BCUT2D eigenvalue weighted by Crippen LogP contribution is 2.32. The number of para-hydroxylation sites is 1. The summed E-state index contributed by atoms with van der Waals surface area (Å²) in [6.07, 6.45) is 1.03. The number of rotatable bonds is 7. The van der Waals surface area contributed by atoms with Crippen molar-refractivity contribution in [1.29, 1.82) is 0 Å². The molecule has 0 fully saturated rings. The van der Waals surface area contributed by atoms with E-state index in [-0.39, 0.29) is 16.7 Å². The lowest BCUT2D eigenvalue weighted by Gasteiger charge is -2.11. The van der Waals surface area contributed by atoms with Gasteiger partial charge in [0.05, 0.1) is 11.0 Å². The van der Waals surface area contributed by atoms with E-state index < -0.39 is 20.4 Å². The van der Waals surface area contributed by atoms with E-state index in [9.17, 15) is 18.5 Å². The average molecular weight is 364 g/mol. The first-order valence-corrected chi connectivity index (χ1v) is 9.54. The Bertz CT molecular complexity index is 861. The average Bonchev–Trinajstić information content (AvgIpc) is 2.52. The first-order chi connectivity index (χ1) is 11.7. The number of sulfone groups is 1. The van der Waals surface area contributed by atoms with Crippen LogP contribution in [0.15, 0.2) is 47.4 Å². The Balaban J connectivity index is 2.22. The molecule has 2 rings (SSSR count). The smallest absolute Gasteiger partial charge is 0.310 e. The van der Waals surface area contributed by atoms with E-state index in [0.717, 1.165) is 17.6 Å². The van der Waals surface area contributed by atoms with Crippen LogP contribution in [-0.2, 0) is 16.4 Å². The summed E-state index contributed by atoms with van der Waals surface area (Å²) in [7, 11) is -3.70. The van der Waals surface area contributed by atoms with Crippen LogP contribution in [0, 0.1) is 10.1 Å². The van der Waals surface area contributed by atoms with Crippen molar-refractivity contribution < 1.29 is 18.1 Å². The number of hydrogen-bond acceptors (Lipinski definition) is 6. The number of nitro benzene ring substituents is 1. The molecule has 7 nitrogen and oxygen atoms in total. The van der Waals surface area contributed by atoms with Crippen molar-refractivity contribution in [3.63, 3.8) is 0 Å². The zero-order chi connectivity index (χ0) is 18.6. The number of ether oxygens (including phenoxy) is 1. The van der Waals surface area contributed by atoms with Crippen LogP contribution in [0.2, 0.25) is 0 Å². The van der Waals surface area contributed by atoms with E-state index in [4.69, 9.17) is 4.74 Å². The minimum atomic E-state index is -3.70. The number of nitrogens with one attached hydrogen (secondary N) is 1. The first-order valence-electron chi connectivity index (χ1n) is 7.65. The van der Waals surface area contributed by atoms with Crippen molar-refractivity contribution in [3.05, 3.63) is 58.1 Å². The molecular formula is C17H20N2O5S. The van der Waals surface area contributed by atoms with Crippen LogP contribution in [-0.4, -0.2) is 25.7 Å². The first kappa shape index (κ1) is 18.7. The van der Waals surface area contributed by atoms with Crippen molar-refractivity contribution in [2.24, 2.45) is 0 Å². The van der Waals surface area contributed by atoms with Crippen molar-refractivity contribution >= 4 is 21.2 Å². The van der Waals surface area contributed by atoms with Crippen molar-refractivity contribution in [1.82, 2.24) is 0 Å². The van der Waals surface area contributed by atoms with Crippen LogP contribution in [0.5, 0.6) is 5.75 Å². The Kier molecular flexibility index (Phi) is 5.63. The molecule has 0 atom stereocenters. The molecule has 0 bridgehead atoms. The largest absolute Gasteiger partial charge is 0.491 e. The molecule has 0 unspecified atom stereocenters. The van der Waals surface area contributed by atoms with Crippen LogP contribution in [0.25, 0.3) is 0 Å². The fourth-order valence-electron chi connectivity index (χ4n) is 2.31. The molecule has 2 aromatic carbocycles. The molecule has 0 spiro atoms. The van der Waals surface area contributed by atoms with Crippen LogP contribution >= 0.6 is 0 Å². The van der Waals surface area contributed by atoms with Gasteiger partial charge in [-0.25, -0.2) is 8.42 Å². The second-order valence-electron chi connectivity index (χ2n) is 5.85. The zero-order valence-corrected chi connectivity index (χ0v) is 15.0. The molecule has 0 radical (unpaired) electrons. The third kappa shape index (κ3) is 4.93. The quantitative estimate of drug-likeness (QED) is 0.597. The van der Waals surface area contributed by atoms with E-state index in [1.54, 1.807) is 0 Å². The lowest BCUT2D eigenvalue weighted by atomic mass is 10.2. The zero-order valence-electron chi connectivity index (χ0n) is 14.2. The SMILES string of the molecule is CC(C)Oc1ccc(CNc2cccc(S(C)(=O)=O)c2[N+](=O)[O-])cc1. The molecule has 25 heavy (non-hydrogen) atoms. The molecule has 0 aliphatic carbocycles. The fourth-order valence-corrected chi connectivity index (χ4v) is 3.17. The molecule has 0 aromatic heterocycles. The van der Waals surface area contributed by atoms with Gasteiger partial charge in [-0.05, 0) is 43.7 Å². The summed E-state index contributed by atoms with van der Waals surface area (Å²) >= 11 is 0. The third-order valence-electron chi connectivity index (χ3n) is 3.36. The Hall–Kier alpha value is -2.61. The lowest BCUT2D eigenvalue weighted by molar-refractivity contribution is -0.386. The van der Waals surface area contributed by atoms with Gasteiger partial charge in [0.25, 0.3) is 0 Å². The maximum Gasteiger partial charge on any atom is 0.310 e. The highest BCUT2D eigenvalue weighted by molar-refractivity contribution is 7.90. The molecule has 0 heterocycles. The summed E-state index contributed by atoms with van der Waals surface area (Å²) < 4.78 is 29.1. The molecular weight excluding hydrogens is 344 g/mol. The highest BCUT2D eigenvalue weighted by atomic mass is 32.2. The second-order valence-corrected chi connectivity index (χ2v) is 7.83. The monoisotopic (exact) mass is 364 g/mol. The Morgan fingerprint density at radius 2 is 1.80 bits per heavy atom. The molecule has 134 valence electrons. The Morgan fingerprint density at radius 1 is 1.16 bits per heavy atom. The number of nitrogens with zero attached hydrogens (tertiary/aromatic N) is 1. The molecule has 0 saturated carbocycles. The van der Waals surface area contributed by atoms with Gasteiger partial charge in [0.2, 0.25) is 0 Å². The summed E-state index contributed by atoms with van der Waals surface area (Å²) in [5, 5.41) is 14.3. The van der Waals surface area contributed by atoms with Gasteiger partial charge < -0.3 is 10.1 Å². The summed E-state index contributed by atoms with van der Waals surface area (Å²) in [5.41, 5.74) is 0.607. The van der Waals surface area contributed by atoms with Gasteiger partial charge in [-0.2, -0.15) is 0 Å². The van der Waals surface area contributed by atoms with Gasteiger partial charge in [0, 0.05) is 12.8 Å². The van der Waals surface area contributed by atoms with Gasteiger partial charge >= 0.3 is 5.69 Å². The van der Waals surface area contributed by atoms with Gasteiger partial charge in [-0.3, -0.25) is 10.1 Å². The standard InChI is InChI=1S/C17H20N2O5S/c1-12(2)24-14-9-7-13(8-10-14)11-18-15-5-4-6-16(25(3,22)23)17(15)19(20)21/h4-10,12,18H,11H2,1-3H3. The fraction of sp³-hybridized carbons (Fsp3) is 0.294. The highest BCUT2D eigenvalue weighted by Gasteiger charge is 2.25. The second kappa shape index (κ2) is 7.52. The topological polar surface area (TPSA) is 98.5 Å². The van der Waals surface area contributed by atoms with Gasteiger partial charge in [0.15, 0.2) is 9.84 Å². The summed E-state index contributed by atoms with van der Waals surface area (Å²) in [6, 6.07) is 11.5. The van der Waals surface area contributed by atoms with E-state index in [1.165, 1.54) is 18.2 Å². The number of hydrogen-bond donors (Lipinski definition) is 1. The van der Waals surface area contributed by atoms with Gasteiger partial charge in [-0.15, -0.1) is 0 Å². The maximum absolute atomic E-state index is 11.8. The predicted octanol–water partition coefficient (Wildman–Crippen LogP) is 3.40. The van der Waals surface area contributed by atoms with Crippen LogP contribution in [0.4, 0.5) is 11.4 Å². The van der Waals surface area contributed by atoms with E-state index in [1.807, 2.05) is 38.1 Å². The molecule has 0 aliphatic rings. The molecule has 0 saturated heterocycles. The molecule has 8 heteroatoms. The summed E-state index contributed by atoms with van der Waals surface area (Å²) in [6.45, 7) is 4.18. The van der Waals surface area contributed by atoms with Crippen LogP contribution < -0.4 is 10.1 Å². The number of nitro groups is 1. The lowest BCUT2D eigenvalue weighted by Crippen LogP contribution is -2.08. The summed E-state index contributed by atoms with van der Waals surface area (Å²) in [4.78, 5) is 10.3. The minimum Gasteiger partial charge on any atom is -0.491 e. The van der Waals surface area contributed by atoms with Crippen LogP contribution in [0.1, 0.15) is 19.4 Å². The molecule has 0 aliphatic heterocycles. The number of anilines is 1. The van der Waals surface area contributed by atoms with Crippen molar-refractivity contribution in [2.45, 2.75) is 31.4 Å². The Labute approximate surface area is 146 Å². The summed E-state index contributed by atoms with van der Waals surface area (Å²) in [5.74, 6) is 0.740. The maximum atomic E-state index is 11.8. The van der Waals surface area contributed by atoms with E-state index >= 15 is 0 Å². The van der Waals surface area contributed by atoms with E-state index in [0.29, 0.717) is 6.54 Å². The van der Waals surface area contributed by atoms with Crippen molar-refractivity contribution in [3.8, 4) is 5.75 Å². The third-order valence-corrected chi connectivity index (χ3v) is 4.49. The normalized spacial score (nSPS) is 11.4. The van der Waals surface area contributed by atoms with Gasteiger partial charge in [-0.1, -0.05) is 18.2 Å². The Morgan fingerprint density at radius 3 is 2.32 bits per heavy atom. The molecule has 1 N–H and O–H groups in total.